The number of hydrogen-bond acceptors (Lipinski definition) is 8. The minimum atomic E-state index is -4.64. The number of carbonyl (C=O) groups is 1. The molecular formula is C27H23F3N8OS. The zero-order chi connectivity index (χ0) is 28.5. The van der Waals surface area contributed by atoms with Crippen LogP contribution in [0.3, 0.4) is 0 Å². The lowest BCUT2D eigenvalue weighted by molar-refractivity contribution is -0.137. The Morgan fingerprint density at radius 1 is 1.10 bits per heavy atom. The number of halogens is 3. The fourth-order valence-electron chi connectivity index (χ4n) is 4.17. The monoisotopic (exact) mass is 564 g/mol. The Hall–Kier alpha value is -4.57. The number of nitrogens with zero attached hydrogens (tertiary/aromatic N) is 5. The molecule has 3 heterocycles. The number of nitrogens with one attached hydrogen (secondary N) is 3. The highest BCUT2D eigenvalue weighted by atomic mass is 32.2. The number of H-pyrrole nitrogens is 1. The summed E-state index contributed by atoms with van der Waals surface area (Å²) in [6.45, 7) is 4.86. The van der Waals surface area contributed by atoms with Crippen molar-refractivity contribution in [2.75, 3.05) is 28.6 Å². The van der Waals surface area contributed by atoms with Gasteiger partial charge in [-0.1, -0.05) is 12.1 Å². The van der Waals surface area contributed by atoms with Crippen molar-refractivity contribution in [3.05, 3.63) is 77.5 Å². The third-order valence-electron chi connectivity index (χ3n) is 6.13. The van der Waals surface area contributed by atoms with Crippen molar-refractivity contribution in [2.24, 2.45) is 5.41 Å². The number of aromatic nitrogens is 4. The predicted molar refractivity (Wildman–Crippen MR) is 145 cm³/mol. The van der Waals surface area contributed by atoms with E-state index in [0.29, 0.717) is 41.4 Å². The molecule has 1 amide bonds. The summed E-state index contributed by atoms with van der Waals surface area (Å²) in [6, 6.07) is 17.2. The van der Waals surface area contributed by atoms with Crippen LogP contribution in [-0.2, 0) is 6.18 Å². The molecule has 1 saturated heterocycles. The normalized spacial score (nSPS) is 14.2. The number of nitriles is 1. The van der Waals surface area contributed by atoms with E-state index in [1.165, 1.54) is 23.9 Å². The summed E-state index contributed by atoms with van der Waals surface area (Å²) in [4.78, 5) is 24.6. The summed E-state index contributed by atoms with van der Waals surface area (Å²) < 4.78 is 39.9. The van der Waals surface area contributed by atoms with Crippen LogP contribution in [0.15, 0.2) is 70.7 Å². The number of alkyl halides is 3. The van der Waals surface area contributed by atoms with Crippen LogP contribution in [0.1, 0.15) is 28.5 Å². The quantitative estimate of drug-likeness (QED) is 0.233. The molecule has 1 aliphatic rings. The minimum absolute atomic E-state index is 0.341. The van der Waals surface area contributed by atoms with Gasteiger partial charge in [0.25, 0.3) is 5.91 Å². The molecule has 3 N–H and O–H groups in total. The summed E-state index contributed by atoms with van der Waals surface area (Å²) >= 11 is 1.28. The van der Waals surface area contributed by atoms with Crippen LogP contribution in [0.2, 0.25) is 0 Å². The Balaban J connectivity index is 1.33. The second-order valence-corrected chi connectivity index (χ2v) is 10.6. The lowest BCUT2D eigenvalue weighted by atomic mass is 9.84. The lowest BCUT2D eigenvalue weighted by Gasteiger charge is -2.44. The van der Waals surface area contributed by atoms with Gasteiger partial charge in [0.1, 0.15) is 11.6 Å². The van der Waals surface area contributed by atoms with Crippen LogP contribution in [0.25, 0.3) is 0 Å². The largest absolute Gasteiger partial charge is 0.417 e. The smallest absolute Gasteiger partial charge is 0.353 e. The first-order valence-corrected chi connectivity index (χ1v) is 12.9. The molecule has 13 heteroatoms. The molecule has 9 nitrogen and oxygen atoms in total. The van der Waals surface area contributed by atoms with Gasteiger partial charge in [0, 0.05) is 41.5 Å². The summed E-state index contributed by atoms with van der Waals surface area (Å²) in [6.07, 6.45) is -4.64. The minimum Gasteiger partial charge on any atom is -0.353 e. The molecule has 2 aromatic carbocycles. The van der Waals surface area contributed by atoms with Crippen LogP contribution in [-0.4, -0.2) is 39.2 Å². The number of rotatable bonds is 7. The summed E-state index contributed by atoms with van der Waals surface area (Å²) in [5, 5.41) is 22.6. The SMILES string of the molecule is Cc1cc(Nc2cc(N3CC(C)(C#N)C3)nc(Sc3ccc(NC(=O)c4ccccc4C(F)(F)F)cc3)n2)n[nH]1. The Kier molecular flexibility index (Phi) is 7.12. The van der Waals surface area contributed by atoms with Gasteiger partial charge in [-0.2, -0.15) is 23.5 Å². The number of carbonyl (C=O) groups excluding carboxylic acids is 1. The number of aryl methyl sites for hydroxylation is 1. The van der Waals surface area contributed by atoms with Crippen molar-refractivity contribution in [2.45, 2.75) is 30.1 Å². The lowest BCUT2D eigenvalue weighted by Crippen LogP contribution is -2.54. The molecule has 0 bridgehead atoms. The van der Waals surface area contributed by atoms with Gasteiger partial charge in [-0.25, -0.2) is 9.97 Å². The van der Waals surface area contributed by atoms with Gasteiger partial charge in [0.2, 0.25) is 0 Å². The van der Waals surface area contributed by atoms with Crippen molar-refractivity contribution in [1.82, 2.24) is 20.2 Å². The molecule has 204 valence electrons. The van der Waals surface area contributed by atoms with Gasteiger partial charge in [-0.05, 0) is 62.0 Å². The number of benzene rings is 2. The highest BCUT2D eigenvalue weighted by molar-refractivity contribution is 7.99. The second kappa shape index (κ2) is 10.5. The molecule has 5 rings (SSSR count). The van der Waals surface area contributed by atoms with E-state index in [1.54, 1.807) is 30.3 Å². The molecule has 0 atom stereocenters. The van der Waals surface area contributed by atoms with E-state index in [4.69, 9.17) is 0 Å². The molecule has 0 spiro atoms. The predicted octanol–water partition coefficient (Wildman–Crippen LogP) is 6.02. The maximum Gasteiger partial charge on any atom is 0.417 e. The van der Waals surface area contributed by atoms with E-state index < -0.39 is 28.6 Å². The first-order valence-electron chi connectivity index (χ1n) is 12.1. The highest BCUT2D eigenvalue weighted by Crippen LogP contribution is 2.36. The number of anilines is 4. The topological polar surface area (TPSA) is 123 Å². The summed E-state index contributed by atoms with van der Waals surface area (Å²) in [5.74, 6) is 0.923. The average molecular weight is 565 g/mol. The van der Waals surface area contributed by atoms with Gasteiger partial charge in [-0.3, -0.25) is 9.89 Å². The molecular weight excluding hydrogens is 541 g/mol. The Bertz CT molecular complexity index is 1590. The van der Waals surface area contributed by atoms with E-state index in [-0.39, 0.29) is 0 Å². The molecule has 0 radical (unpaired) electrons. The van der Waals surface area contributed by atoms with Crippen LogP contribution in [0.5, 0.6) is 0 Å². The number of aromatic amines is 1. The second-order valence-electron chi connectivity index (χ2n) is 9.61. The molecule has 40 heavy (non-hydrogen) atoms. The zero-order valence-electron chi connectivity index (χ0n) is 21.4. The zero-order valence-corrected chi connectivity index (χ0v) is 22.2. The number of amides is 1. The summed E-state index contributed by atoms with van der Waals surface area (Å²) in [7, 11) is 0. The van der Waals surface area contributed by atoms with Crippen molar-refractivity contribution in [3.63, 3.8) is 0 Å². The fourth-order valence-corrected chi connectivity index (χ4v) is 4.93. The van der Waals surface area contributed by atoms with Crippen molar-refractivity contribution in [1.29, 1.82) is 5.26 Å². The Morgan fingerprint density at radius 2 is 1.82 bits per heavy atom. The maximum absolute atomic E-state index is 13.3. The Labute approximate surface area is 231 Å². The Morgan fingerprint density at radius 3 is 2.48 bits per heavy atom. The van der Waals surface area contributed by atoms with E-state index in [0.717, 1.165) is 22.7 Å². The molecule has 0 saturated carbocycles. The molecule has 0 aliphatic carbocycles. The molecule has 0 unspecified atom stereocenters. The molecule has 2 aromatic heterocycles. The first-order chi connectivity index (χ1) is 19.0. The van der Waals surface area contributed by atoms with Crippen molar-refractivity contribution >= 4 is 40.8 Å². The van der Waals surface area contributed by atoms with E-state index in [1.807, 2.05) is 24.8 Å². The summed E-state index contributed by atoms with van der Waals surface area (Å²) in [5.41, 5.74) is -0.666. The highest BCUT2D eigenvalue weighted by Gasteiger charge is 2.40. The molecule has 1 aliphatic heterocycles. The molecule has 4 aromatic rings. The number of hydrogen-bond donors (Lipinski definition) is 3. The van der Waals surface area contributed by atoms with Crippen molar-refractivity contribution < 1.29 is 18.0 Å². The average Bonchev–Trinajstić information content (AvgIpc) is 3.31. The molecule has 1 fully saturated rings. The van der Waals surface area contributed by atoms with Gasteiger partial charge < -0.3 is 15.5 Å². The van der Waals surface area contributed by atoms with Crippen LogP contribution < -0.4 is 15.5 Å². The van der Waals surface area contributed by atoms with Gasteiger partial charge in [-0.15, -0.1) is 0 Å². The van der Waals surface area contributed by atoms with Crippen LogP contribution >= 0.6 is 11.8 Å². The third-order valence-corrected chi connectivity index (χ3v) is 7.00. The maximum atomic E-state index is 13.3. The van der Waals surface area contributed by atoms with Crippen LogP contribution in [0, 0.1) is 23.7 Å². The van der Waals surface area contributed by atoms with Gasteiger partial charge >= 0.3 is 6.18 Å². The van der Waals surface area contributed by atoms with Gasteiger partial charge in [0.05, 0.1) is 22.6 Å². The van der Waals surface area contributed by atoms with E-state index in [2.05, 4.69) is 36.9 Å². The van der Waals surface area contributed by atoms with Crippen LogP contribution in [0.4, 0.5) is 36.3 Å². The van der Waals surface area contributed by atoms with Gasteiger partial charge in [0.15, 0.2) is 11.0 Å². The third kappa shape index (κ3) is 6.02. The van der Waals surface area contributed by atoms with E-state index >= 15 is 0 Å². The first kappa shape index (κ1) is 27.0. The van der Waals surface area contributed by atoms with E-state index in [9.17, 15) is 23.2 Å². The fraction of sp³-hybridized carbons (Fsp3) is 0.222. The standard InChI is InChI=1S/C27H23F3N8OS/c1-16-11-22(37-36-16)33-21-12-23(38-14-26(2,13-31)15-38)35-25(34-21)40-18-9-7-17(8-10-18)32-24(39)19-5-3-4-6-20(19)27(28,29)30/h3-12H,14-15H2,1-2H3,(H,32,39)(H2,33,34,35,36,37). The van der Waals surface area contributed by atoms with Crippen molar-refractivity contribution in [3.8, 4) is 6.07 Å².